The molecular weight excluding hydrogens is 733 g/mol. The van der Waals surface area contributed by atoms with Gasteiger partial charge in [0.15, 0.2) is 0 Å². The van der Waals surface area contributed by atoms with Crippen LogP contribution in [-0.2, 0) is 23.8 Å². The second-order valence-electron chi connectivity index (χ2n) is 18.8. The zero-order chi connectivity index (χ0) is 42.9. The van der Waals surface area contributed by atoms with Crippen molar-refractivity contribution in [2.45, 2.75) is 240 Å². The van der Waals surface area contributed by atoms with Crippen LogP contribution in [0.15, 0.2) is 0 Å². The molecule has 0 aromatic carbocycles. The van der Waals surface area contributed by atoms with Gasteiger partial charge in [-0.1, -0.05) is 169 Å². The first kappa shape index (κ1) is 55.8. The Balaban J connectivity index is 2.27. The van der Waals surface area contributed by atoms with Gasteiger partial charge in [0.2, 0.25) is 0 Å². The molecule has 0 radical (unpaired) electrons. The normalized spacial score (nSPS) is 14.0. The van der Waals surface area contributed by atoms with Gasteiger partial charge in [0.25, 0.3) is 0 Å². The molecule has 7 heteroatoms. The lowest BCUT2D eigenvalue weighted by Gasteiger charge is -2.32. The van der Waals surface area contributed by atoms with Gasteiger partial charge < -0.3 is 24.0 Å². The molecule has 1 saturated heterocycles. The molecule has 350 valence electrons. The smallest absolute Gasteiger partial charge is 0.306 e. The van der Waals surface area contributed by atoms with E-state index in [-0.39, 0.29) is 11.9 Å². The van der Waals surface area contributed by atoms with E-state index in [2.05, 4.69) is 44.5 Å². The maximum atomic E-state index is 12.6. The third-order valence-electron chi connectivity index (χ3n) is 13.0. The van der Waals surface area contributed by atoms with Gasteiger partial charge in [-0.05, 0) is 82.6 Å². The number of rotatable bonds is 44. The van der Waals surface area contributed by atoms with Gasteiger partial charge in [0, 0.05) is 58.8 Å². The largest absolute Gasteiger partial charge is 0.466 e. The number of carbonyl (C=O) groups is 2. The van der Waals surface area contributed by atoms with Gasteiger partial charge in [-0.3, -0.25) is 9.59 Å². The Morgan fingerprint density at radius 2 is 0.780 bits per heavy atom. The summed E-state index contributed by atoms with van der Waals surface area (Å²) in [4.78, 5) is 30.2. The fraction of sp³-hybridized carbons (Fsp3) is 0.962. The molecule has 0 aromatic rings. The highest BCUT2D eigenvalue weighted by atomic mass is 16.5. The van der Waals surface area contributed by atoms with Crippen molar-refractivity contribution in [2.75, 3.05) is 66.2 Å². The van der Waals surface area contributed by atoms with Crippen LogP contribution in [0.4, 0.5) is 0 Å². The molecule has 0 N–H and O–H groups in total. The minimum absolute atomic E-state index is 0.0305. The summed E-state index contributed by atoms with van der Waals surface area (Å²) in [6, 6.07) is 0. The van der Waals surface area contributed by atoms with Crippen molar-refractivity contribution in [1.82, 2.24) is 9.80 Å². The predicted molar refractivity (Wildman–Crippen MR) is 252 cm³/mol. The summed E-state index contributed by atoms with van der Waals surface area (Å²) in [7, 11) is 2.22. The molecule has 0 atom stereocenters. The summed E-state index contributed by atoms with van der Waals surface area (Å²) < 4.78 is 17.7. The number of likely N-dealkylation sites (N-methyl/N-ethyl adjacent to an activating group) is 1. The highest BCUT2D eigenvalue weighted by Gasteiger charge is 2.17. The van der Waals surface area contributed by atoms with Crippen LogP contribution >= 0.6 is 0 Å². The number of nitrogens with zero attached hydrogens (tertiary/aromatic N) is 2. The van der Waals surface area contributed by atoms with Gasteiger partial charge in [0.1, 0.15) is 0 Å². The monoisotopic (exact) mass is 835 g/mol. The molecular formula is C52H102N2O5. The van der Waals surface area contributed by atoms with Crippen LogP contribution in [0, 0.1) is 17.8 Å². The SMILES string of the molecule is CCCCCC(CCCCC)CC(=O)OCCCCCCCCC(CCCCCCCCOC(=O)CC(CCCCC)CCCCC)COCCCN1CCN(C)CC1. The quantitative estimate of drug-likeness (QED) is 0.0447. The molecule has 1 heterocycles. The summed E-state index contributed by atoms with van der Waals surface area (Å²) in [5.74, 6) is 1.74. The number of unbranched alkanes of at least 4 members (excludes halogenated alkanes) is 18. The topological polar surface area (TPSA) is 68.3 Å². The van der Waals surface area contributed by atoms with Crippen molar-refractivity contribution in [1.29, 1.82) is 0 Å². The Hall–Kier alpha value is -1.18. The van der Waals surface area contributed by atoms with E-state index in [0.29, 0.717) is 43.8 Å². The Morgan fingerprint density at radius 3 is 1.19 bits per heavy atom. The summed E-state index contributed by atoms with van der Waals surface area (Å²) in [6.45, 7) is 17.9. The molecule has 0 aromatic heterocycles. The standard InChI is InChI=1S/C52H102N2O5/c1-6-10-22-31-48(32-23-11-7-2)45-51(55)58-43-28-20-16-14-18-26-35-50(47-57-42-30-37-54-40-38-53(5)39-41-54)36-27-19-15-17-21-29-44-59-52(56)46-49(33-24-12-8-3)34-25-13-9-4/h48-50H,6-47H2,1-5H3. The first-order chi connectivity index (χ1) is 28.9. The molecule has 0 amide bonds. The zero-order valence-electron chi connectivity index (χ0n) is 40.4. The van der Waals surface area contributed by atoms with E-state index in [0.717, 1.165) is 51.9 Å². The van der Waals surface area contributed by atoms with E-state index in [1.165, 1.54) is 193 Å². The Bertz CT molecular complexity index is 834. The molecule has 1 aliphatic heterocycles. The first-order valence-corrected chi connectivity index (χ1v) is 26.2. The highest BCUT2D eigenvalue weighted by molar-refractivity contribution is 5.70. The van der Waals surface area contributed by atoms with E-state index in [1.54, 1.807) is 0 Å². The third-order valence-corrected chi connectivity index (χ3v) is 13.0. The van der Waals surface area contributed by atoms with Crippen molar-refractivity contribution in [3.8, 4) is 0 Å². The van der Waals surface area contributed by atoms with Crippen LogP contribution in [0.25, 0.3) is 0 Å². The number of piperazine rings is 1. The molecule has 0 spiro atoms. The van der Waals surface area contributed by atoms with Crippen LogP contribution in [0.2, 0.25) is 0 Å². The average Bonchev–Trinajstić information content (AvgIpc) is 3.22. The van der Waals surface area contributed by atoms with Gasteiger partial charge in [-0.2, -0.15) is 0 Å². The van der Waals surface area contributed by atoms with Crippen LogP contribution in [0.3, 0.4) is 0 Å². The summed E-state index contributed by atoms with van der Waals surface area (Å²) in [6.07, 6.45) is 39.1. The molecule has 0 saturated carbocycles. The van der Waals surface area contributed by atoms with Gasteiger partial charge in [0.05, 0.1) is 13.2 Å². The Kier molecular flexibility index (Phi) is 39.9. The zero-order valence-corrected chi connectivity index (χ0v) is 40.4. The number of esters is 2. The molecule has 0 aliphatic carbocycles. The summed E-state index contributed by atoms with van der Waals surface area (Å²) in [5.41, 5.74) is 0. The van der Waals surface area contributed by atoms with Gasteiger partial charge in [-0.25, -0.2) is 0 Å². The lowest BCUT2D eigenvalue weighted by Crippen LogP contribution is -2.44. The first-order valence-electron chi connectivity index (χ1n) is 26.2. The molecule has 1 fully saturated rings. The number of hydrogen-bond donors (Lipinski definition) is 0. The minimum Gasteiger partial charge on any atom is -0.466 e. The van der Waals surface area contributed by atoms with Crippen molar-refractivity contribution >= 4 is 11.9 Å². The lowest BCUT2D eigenvalue weighted by molar-refractivity contribution is -0.146. The third kappa shape index (κ3) is 36.1. The second kappa shape index (κ2) is 42.1. The average molecular weight is 835 g/mol. The minimum atomic E-state index is 0.0305. The van der Waals surface area contributed by atoms with E-state index in [9.17, 15) is 9.59 Å². The van der Waals surface area contributed by atoms with Crippen molar-refractivity contribution in [3.63, 3.8) is 0 Å². The molecule has 59 heavy (non-hydrogen) atoms. The van der Waals surface area contributed by atoms with Crippen molar-refractivity contribution in [2.24, 2.45) is 17.8 Å². The fourth-order valence-electron chi connectivity index (χ4n) is 8.90. The highest BCUT2D eigenvalue weighted by Crippen LogP contribution is 2.24. The Morgan fingerprint density at radius 1 is 0.424 bits per heavy atom. The van der Waals surface area contributed by atoms with E-state index in [1.807, 2.05) is 0 Å². The van der Waals surface area contributed by atoms with Crippen LogP contribution in [0.5, 0.6) is 0 Å². The summed E-state index contributed by atoms with van der Waals surface area (Å²) in [5, 5.41) is 0. The molecule has 0 bridgehead atoms. The summed E-state index contributed by atoms with van der Waals surface area (Å²) >= 11 is 0. The predicted octanol–water partition coefficient (Wildman–Crippen LogP) is 14.1. The molecule has 0 unspecified atom stereocenters. The maximum Gasteiger partial charge on any atom is 0.306 e. The van der Waals surface area contributed by atoms with E-state index >= 15 is 0 Å². The lowest BCUT2D eigenvalue weighted by atomic mass is 9.92. The van der Waals surface area contributed by atoms with E-state index < -0.39 is 0 Å². The number of ether oxygens (including phenoxy) is 3. The van der Waals surface area contributed by atoms with Crippen molar-refractivity contribution < 1.29 is 23.8 Å². The number of carbonyl (C=O) groups excluding carboxylic acids is 2. The fourth-order valence-corrected chi connectivity index (χ4v) is 8.90. The molecule has 7 nitrogen and oxygen atoms in total. The van der Waals surface area contributed by atoms with Gasteiger partial charge in [-0.15, -0.1) is 0 Å². The molecule has 1 rings (SSSR count). The number of hydrogen-bond acceptors (Lipinski definition) is 7. The van der Waals surface area contributed by atoms with Crippen molar-refractivity contribution in [3.05, 3.63) is 0 Å². The second-order valence-corrected chi connectivity index (χ2v) is 18.8. The van der Waals surface area contributed by atoms with Crippen LogP contribution in [0.1, 0.15) is 240 Å². The Labute approximate surface area is 368 Å². The molecule has 1 aliphatic rings. The van der Waals surface area contributed by atoms with Crippen LogP contribution < -0.4 is 0 Å². The van der Waals surface area contributed by atoms with E-state index in [4.69, 9.17) is 14.2 Å². The maximum absolute atomic E-state index is 12.6. The van der Waals surface area contributed by atoms with Crippen LogP contribution in [-0.4, -0.2) is 87.9 Å². The van der Waals surface area contributed by atoms with Gasteiger partial charge >= 0.3 is 11.9 Å².